The Morgan fingerprint density at radius 2 is 1.38 bits per heavy atom. The summed E-state index contributed by atoms with van der Waals surface area (Å²) >= 11 is 3.23. The minimum atomic E-state index is -0.417. The van der Waals surface area contributed by atoms with E-state index in [1.165, 1.54) is 0 Å². The van der Waals surface area contributed by atoms with E-state index in [2.05, 4.69) is 21.9 Å². The van der Waals surface area contributed by atoms with Crippen LogP contribution in [0.3, 0.4) is 0 Å². The zero-order valence-electron chi connectivity index (χ0n) is 10.3. The molecule has 0 bridgehead atoms. The molecule has 0 unspecified atom stereocenters. The zero-order valence-corrected chi connectivity index (χ0v) is 14.3. The van der Waals surface area contributed by atoms with E-state index in [1.807, 2.05) is 0 Å². The summed E-state index contributed by atoms with van der Waals surface area (Å²) < 4.78 is 0. The molecule has 0 spiro atoms. The predicted molar refractivity (Wildman–Crippen MR) is 60.4 cm³/mol. The van der Waals surface area contributed by atoms with Gasteiger partial charge in [-0.05, 0) is 12.8 Å². The first kappa shape index (κ1) is 30.2. The topological polar surface area (TPSA) is 46.1 Å². The fraction of sp³-hybridized carbons (Fsp3) is 0.818. The molecule has 0 aliphatic rings. The molecule has 0 saturated carbocycles. The van der Waals surface area contributed by atoms with Crippen molar-refractivity contribution in [2.45, 2.75) is 52.7 Å². The van der Waals surface area contributed by atoms with E-state index in [-0.39, 0.29) is 34.1 Å². The molecule has 0 aromatic heterocycles. The van der Waals surface area contributed by atoms with Gasteiger partial charge in [-0.2, -0.15) is 0 Å². The van der Waals surface area contributed by atoms with Crippen LogP contribution in [0.4, 0.5) is 0 Å². The summed E-state index contributed by atoms with van der Waals surface area (Å²) in [5, 5.41) is 20.0. The van der Waals surface area contributed by atoms with Gasteiger partial charge in [0.05, 0.1) is 0 Å². The predicted octanol–water partition coefficient (Wildman–Crippen LogP) is -1.74. The van der Waals surface area contributed by atoms with E-state index in [0.29, 0.717) is 0 Å². The van der Waals surface area contributed by atoms with Crippen molar-refractivity contribution in [3.8, 4) is 5.92 Å². The van der Waals surface area contributed by atoms with E-state index in [4.69, 9.17) is 6.42 Å². The first-order chi connectivity index (χ1) is 6.38. The van der Waals surface area contributed by atoms with Crippen LogP contribution in [0.15, 0.2) is 0 Å². The molecule has 0 amide bonds. The molecule has 0 fully saturated rings. The summed E-state index contributed by atoms with van der Waals surface area (Å²) in [4.78, 5) is 0. The van der Waals surface area contributed by atoms with Gasteiger partial charge in [0.15, 0.2) is 0 Å². The molecular weight excluding hydrogens is 327 g/mol. The molecule has 0 N–H and O–H groups in total. The maximum atomic E-state index is 9.53. The Bertz CT molecular complexity index is 116. The third-order valence-electron chi connectivity index (χ3n) is 0.435. The van der Waals surface area contributed by atoms with Crippen molar-refractivity contribution in [2.24, 2.45) is 0 Å². The summed E-state index contributed by atoms with van der Waals surface area (Å²) in [5.74, 6) is 2.29. The van der Waals surface area contributed by atoms with Crippen molar-refractivity contribution in [1.29, 1.82) is 0 Å². The van der Waals surface area contributed by atoms with Crippen LogP contribution < -0.4 is 22.6 Å². The van der Waals surface area contributed by atoms with Gasteiger partial charge in [-0.15, -0.1) is 12.2 Å². The fourth-order valence-electron chi connectivity index (χ4n) is 0.155. The van der Waals surface area contributed by atoms with Gasteiger partial charge in [-0.1, -0.05) is 49.5 Å². The molecule has 0 aliphatic carbocycles. The number of unbranched alkanes of at least 4 members (excludes halogenated alkanes) is 1. The molecule has 94 valence electrons. The third kappa shape index (κ3) is 186. The van der Waals surface area contributed by atoms with Gasteiger partial charge in [-0.25, -0.2) is 0 Å². The Morgan fingerprint density at radius 1 is 1.12 bits per heavy atom. The van der Waals surface area contributed by atoms with Gasteiger partial charge < -0.3 is 22.6 Å². The van der Waals surface area contributed by atoms with Crippen LogP contribution in [0.1, 0.15) is 40.5 Å². The van der Waals surface area contributed by atoms with Crippen molar-refractivity contribution in [3.63, 3.8) is 0 Å². The quantitative estimate of drug-likeness (QED) is 0.258. The summed E-state index contributed by atoms with van der Waals surface area (Å²) in [6, 6.07) is 0. The van der Waals surface area contributed by atoms with Crippen LogP contribution in [0, 0.1) is 12.3 Å². The maximum Gasteiger partial charge on any atom is 3.00 e. The van der Waals surface area contributed by atoms with E-state index in [0.717, 1.165) is 18.2 Å². The zero-order chi connectivity index (χ0) is 12.0. The number of rotatable bonds is 2. The third-order valence-corrected chi connectivity index (χ3v) is 0.996. The van der Waals surface area contributed by atoms with Crippen LogP contribution in [0.25, 0.3) is 0 Å². The first-order valence-corrected chi connectivity index (χ1v) is 5.77. The molecule has 0 heterocycles. The molecule has 16 heavy (non-hydrogen) atoms. The normalized spacial score (nSPS) is 7.25. The van der Waals surface area contributed by atoms with Crippen LogP contribution in [0.2, 0.25) is 0 Å². The minimum Gasteiger partial charge on any atom is -1.00 e. The van der Waals surface area contributed by atoms with E-state index in [9.17, 15) is 10.2 Å². The molecule has 0 atom stereocenters. The largest absolute Gasteiger partial charge is 3.00 e. The number of alkyl halides is 1. The van der Waals surface area contributed by atoms with Gasteiger partial charge in [0, 0.05) is 11.8 Å². The average Bonchev–Trinajstić information content (AvgIpc) is 1.98. The molecule has 0 aromatic rings. The molecule has 2 nitrogen and oxygen atoms in total. The average molecular weight is 348 g/mol. The monoisotopic (exact) mass is 346 g/mol. The summed E-state index contributed by atoms with van der Waals surface area (Å²) in [5.41, 5.74) is 0. The number of halogens is 2. The molecule has 0 aromatic carbocycles. The number of hydrogen-bond acceptors (Lipinski definition) is 2. The van der Waals surface area contributed by atoms with Gasteiger partial charge in [0.1, 0.15) is 0 Å². The van der Waals surface area contributed by atoms with E-state index < -0.39 is 12.2 Å². The number of hydrogen-bond donors (Lipinski definition) is 0. The minimum absolute atomic E-state index is 0. The van der Waals surface area contributed by atoms with Crippen molar-refractivity contribution in [3.05, 3.63) is 6.42 Å². The van der Waals surface area contributed by atoms with Gasteiger partial charge in [0.2, 0.25) is 0 Å². The van der Waals surface area contributed by atoms with Crippen molar-refractivity contribution in [2.75, 3.05) is 5.33 Å². The first-order valence-electron chi connectivity index (χ1n) is 4.65. The molecule has 2 radical (unpaired) electrons. The second-order valence-electron chi connectivity index (χ2n) is 3.07. The molecule has 0 aliphatic heterocycles. The smallest absolute Gasteiger partial charge is 1.00 e. The Hall–Kier alpha value is 0.964. The second-order valence-corrected chi connectivity index (χ2v) is 3.86. The Morgan fingerprint density at radius 3 is 1.44 bits per heavy atom. The Balaban J connectivity index is -0.0000000367. The second kappa shape index (κ2) is 29.7. The van der Waals surface area contributed by atoms with Crippen molar-refractivity contribution >= 4 is 15.9 Å². The molecule has 0 rings (SSSR count). The summed E-state index contributed by atoms with van der Waals surface area (Å²) in [6.07, 6.45) is 7.42. The van der Waals surface area contributed by atoms with Gasteiger partial charge in [0.25, 0.3) is 0 Å². The van der Waals surface area contributed by atoms with Gasteiger partial charge in [-0.3, -0.25) is 0 Å². The fourth-order valence-corrected chi connectivity index (χ4v) is 0.436. The van der Waals surface area contributed by atoms with Crippen molar-refractivity contribution in [1.82, 2.24) is 0 Å². The van der Waals surface area contributed by atoms with E-state index >= 15 is 0 Å². The molecular formula is C11H20BrClO2Ti. The van der Waals surface area contributed by atoms with Gasteiger partial charge >= 0.3 is 21.7 Å². The Labute approximate surface area is 130 Å². The summed E-state index contributed by atoms with van der Waals surface area (Å²) in [6.45, 7) is 6.44. The molecule has 5 heteroatoms. The Kier molecular flexibility index (Phi) is 56.1. The molecule has 0 saturated heterocycles. The van der Waals surface area contributed by atoms with Crippen LogP contribution in [-0.2, 0) is 21.7 Å². The SMILES string of the molecule is CC(C)[O-].CC(C)[O-].[C]#CCCCBr.[Cl-].[Ti+3]. The van der Waals surface area contributed by atoms with Crippen LogP contribution >= 0.6 is 15.9 Å². The van der Waals surface area contributed by atoms with Crippen molar-refractivity contribution < 1.29 is 44.3 Å². The van der Waals surface area contributed by atoms with Crippen LogP contribution in [0.5, 0.6) is 0 Å². The standard InChI is InChI=1S/C5H6Br.2C3H7O.ClH.Ti/c1-2-3-4-5-6;2*1-3(2)4;;/h3-5H2;2*3H,1-2H3;1H;/q;2*-1;;+3/p-1. The maximum absolute atomic E-state index is 9.53. The van der Waals surface area contributed by atoms with Crippen LogP contribution in [-0.4, -0.2) is 17.5 Å². The van der Waals surface area contributed by atoms with E-state index in [1.54, 1.807) is 27.7 Å². The summed E-state index contributed by atoms with van der Waals surface area (Å²) in [7, 11) is 0.